The summed E-state index contributed by atoms with van der Waals surface area (Å²) in [7, 11) is 1.79. The van der Waals surface area contributed by atoms with Gasteiger partial charge in [-0.25, -0.2) is 4.98 Å². The van der Waals surface area contributed by atoms with Gasteiger partial charge in [-0.15, -0.1) is 11.3 Å². The molecule has 0 N–H and O–H groups in total. The summed E-state index contributed by atoms with van der Waals surface area (Å²) in [6.07, 6.45) is 0.986. The second-order valence-corrected chi connectivity index (χ2v) is 6.60. The van der Waals surface area contributed by atoms with Crippen LogP contribution in [0, 0.1) is 6.92 Å². The van der Waals surface area contributed by atoms with Crippen molar-refractivity contribution in [2.45, 2.75) is 25.5 Å². The molecule has 1 aliphatic rings. The van der Waals surface area contributed by atoms with Crippen LogP contribution in [0.2, 0.25) is 0 Å². The van der Waals surface area contributed by atoms with Gasteiger partial charge in [0.05, 0.1) is 11.2 Å². The molecule has 4 nitrogen and oxygen atoms in total. The zero-order chi connectivity index (χ0) is 15.4. The Labute approximate surface area is 135 Å². The summed E-state index contributed by atoms with van der Waals surface area (Å²) < 4.78 is 11.9. The third-order valence-electron chi connectivity index (χ3n) is 4.28. The van der Waals surface area contributed by atoms with Gasteiger partial charge in [-0.3, -0.25) is 4.90 Å². The van der Waals surface area contributed by atoms with Gasteiger partial charge in [0.25, 0.3) is 0 Å². The molecule has 0 spiro atoms. The molecule has 1 aromatic heterocycles. The van der Waals surface area contributed by atoms with Gasteiger partial charge in [-0.2, -0.15) is 0 Å². The van der Waals surface area contributed by atoms with Crippen molar-refractivity contribution in [2.24, 2.45) is 0 Å². The van der Waals surface area contributed by atoms with Crippen LogP contribution >= 0.6 is 11.3 Å². The van der Waals surface area contributed by atoms with Gasteiger partial charge < -0.3 is 9.47 Å². The van der Waals surface area contributed by atoms with Crippen LogP contribution < -0.4 is 4.74 Å². The maximum absolute atomic E-state index is 6.03. The molecule has 0 radical (unpaired) electrons. The quantitative estimate of drug-likeness (QED) is 0.819. The Morgan fingerprint density at radius 2 is 2.23 bits per heavy atom. The summed E-state index contributed by atoms with van der Waals surface area (Å²) in [4.78, 5) is 6.75. The molecule has 2 aromatic rings. The van der Waals surface area contributed by atoms with Crippen LogP contribution in [0.5, 0.6) is 5.75 Å². The van der Waals surface area contributed by atoms with Gasteiger partial charge in [-0.1, -0.05) is 18.2 Å². The molecule has 118 valence electrons. The Bertz CT molecular complexity index is 602. The van der Waals surface area contributed by atoms with Crippen molar-refractivity contribution in [3.05, 3.63) is 46.4 Å². The van der Waals surface area contributed by atoms with E-state index in [0.29, 0.717) is 6.61 Å². The van der Waals surface area contributed by atoms with E-state index in [4.69, 9.17) is 9.47 Å². The summed E-state index contributed by atoms with van der Waals surface area (Å²) in [6, 6.07) is 8.11. The number of aromatic nitrogens is 1. The van der Waals surface area contributed by atoms with E-state index in [9.17, 15) is 0 Å². The predicted octanol–water partition coefficient (Wildman–Crippen LogP) is 3.12. The van der Waals surface area contributed by atoms with E-state index in [1.165, 1.54) is 0 Å². The molecule has 0 aliphatic carbocycles. The number of benzene rings is 1. The number of methoxy groups -OCH3 is 1. The average Bonchev–Trinajstić information content (AvgIpc) is 3.18. The van der Waals surface area contributed by atoms with E-state index in [1.54, 1.807) is 18.4 Å². The van der Waals surface area contributed by atoms with Crippen molar-refractivity contribution < 1.29 is 9.47 Å². The number of para-hydroxylation sites is 1. The minimum absolute atomic E-state index is 0.224. The molecule has 0 bridgehead atoms. The lowest BCUT2D eigenvalue weighted by Gasteiger charge is -2.28. The second kappa shape index (κ2) is 6.77. The zero-order valence-corrected chi connectivity index (χ0v) is 13.9. The van der Waals surface area contributed by atoms with Crippen molar-refractivity contribution in [3.8, 4) is 5.75 Å². The summed E-state index contributed by atoms with van der Waals surface area (Å²) in [5.41, 5.74) is 3.96. The SMILES string of the molecule is COC1(COc2ccccc2C)CCN(Cc2cscn2)C1. The number of ether oxygens (including phenoxy) is 2. The van der Waals surface area contributed by atoms with E-state index in [-0.39, 0.29) is 5.60 Å². The van der Waals surface area contributed by atoms with Crippen molar-refractivity contribution >= 4 is 11.3 Å². The molecule has 1 aliphatic heterocycles. The Balaban J connectivity index is 1.60. The summed E-state index contributed by atoms with van der Waals surface area (Å²) in [5, 5.41) is 2.11. The normalized spacial score (nSPS) is 22.1. The van der Waals surface area contributed by atoms with Gasteiger partial charge in [0.2, 0.25) is 0 Å². The lowest BCUT2D eigenvalue weighted by molar-refractivity contribution is -0.0361. The number of rotatable bonds is 6. The number of nitrogens with zero attached hydrogens (tertiary/aromatic N) is 2. The fraction of sp³-hybridized carbons (Fsp3) is 0.471. The number of aryl methyl sites for hydroxylation is 1. The second-order valence-electron chi connectivity index (χ2n) is 5.88. The Kier molecular flexibility index (Phi) is 4.76. The van der Waals surface area contributed by atoms with Gasteiger partial charge in [0.1, 0.15) is 18.0 Å². The van der Waals surface area contributed by atoms with Gasteiger partial charge in [0.15, 0.2) is 0 Å². The van der Waals surface area contributed by atoms with E-state index < -0.39 is 0 Å². The molecule has 5 heteroatoms. The maximum Gasteiger partial charge on any atom is 0.122 e. The van der Waals surface area contributed by atoms with E-state index in [0.717, 1.165) is 43.1 Å². The molecule has 3 rings (SSSR count). The number of thiazole rings is 1. The first-order valence-corrected chi connectivity index (χ1v) is 8.48. The van der Waals surface area contributed by atoms with Crippen molar-refractivity contribution in [1.29, 1.82) is 0 Å². The first kappa shape index (κ1) is 15.5. The smallest absolute Gasteiger partial charge is 0.122 e. The Morgan fingerprint density at radius 1 is 1.36 bits per heavy atom. The number of likely N-dealkylation sites (tertiary alicyclic amines) is 1. The monoisotopic (exact) mass is 318 g/mol. The topological polar surface area (TPSA) is 34.6 Å². The highest BCUT2D eigenvalue weighted by molar-refractivity contribution is 7.07. The fourth-order valence-corrected chi connectivity index (χ4v) is 3.43. The zero-order valence-electron chi connectivity index (χ0n) is 13.1. The van der Waals surface area contributed by atoms with Crippen molar-refractivity contribution in [2.75, 3.05) is 26.8 Å². The molecule has 22 heavy (non-hydrogen) atoms. The minimum atomic E-state index is -0.224. The summed E-state index contributed by atoms with van der Waals surface area (Å²) in [6.45, 7) is 5.44. The molecular formula is C17H22N2O2S. The highest BCUT2D eigenvalue weighted by Gasteiger charge is 2.39. The molecule has 0 amide bonds. The fourth-order valence-electron chi connectivity index (χ4n) is 2.88. The predicted molar refractivity (Wildman–Crippen MR) is 88.4 cm³/mol. The molecular weight excluding hydrogens is 296 g/mol. The Morgan fingerprint density at radius 3 is 2.95 bits per heavy atom. The molecule has 1 saturated heterocycles. The van der Waals surface area contributed by atoms with Crippen molar-refractivity contribution in [3.63, 3.8) is 0 Å². The van der Waals surface area contributed by atoms with Crippen LogP contribution in [0.4, 0.5) is 0 Å². The standard InChI is InChI=1S/C17H22N2O2S/c1-14-5-3-4-6-16(14)21-12-17(20-2)7-8-19(11-17)9-15-10-22-13-18-15/h3-6,10,13H,7-9,11-12H2,1-2H3. The molecule has 2 heterocycles. The number of hydrogen-bond acceptors (Lipinski definition) is 5. The van der Waals surface area contributed by atoms with Crippen LogP contribution in [0.15, 0.2) is 35.2 Å². The third-order valence-corrected chi connectivity index (χ3v) is 4.92. The van der Waals surface area contributed by atoms with Crippen LogP contribution in [0.25, 0.3) is 0 Å². The summed E-state index contributed by atoms with van der Waals surface area (Å²) in [5.74, 6) is 0.942. The number of hydrogen-bond donors (Lipinski definition) is 0. The molecule has 1 atom stereocenters. The van der Waals surface area contributed by atoms with Gasteiger partial charge >= 0.3 is 0 Å². The third kappa shape index (κ3) is 3.48. The van der Waals surface area contributed by atoms with Crippen molar-refractivity contribution in [1.82, 2.24) is 9.88 Å². The van der Waals surface area contributed by atoms with Gasteiger partial charge in [0, 0.05) is 32.1 Å². The van der Waals surface area contributed by atoms with E-state index in [1.807, 2.05) is 23.7 Å². The van der Waals surface area contributed by atoms with Gasteiger partial charge in [-0.05, 0) is 25.0 Å². The Hall–Kier alpha value is -1.43. The maximum atomic E-state index is 6.03. The highest BCUT2D eigenvalue weighted by atomic mass is 32.1. The van der Waals surface area contributed by atoms with E-state index in [2.05, 4.69) is 28.3 Å². The first-order chi connectivity index (χ1) is 10.7. The van der Waals surface area contributed by atoms with Crippen LogP contribution in [0.1, 0.15) is 17.7 Å². The molecule has 0 saturated carbocycles. The largest absolute Gasteiger partial charge is 0.490 e. The minimum Gasteiger partial charge on any atom is -0.490 e. The first-order valence-electron chi connectivity index (χ1n) is 7.54. The average molecular weight is 318 g/mol. The lowest BCUT2D eigenvalue weighted by Crippen LogP contribution is -2.41. The summed E-state index contributed by atoms with van der Waals surface area (Å²) >= 11 is 1.64. The molecule has 1 aromatic carbocycles. The molecule has 1 fully saturated rings. The lowest BCUT2D eigenvalue weighted by atomic mass is 10.0. The molecule has 1 unspecified atom stereocenters. The van der Waals surface area contributed by atoms with Crippen LogP contribution in [-0.2, 0) is 11.3 Å². The highest BCUT2D eigenvalue weighted by Crippen LogP contribution is 2.28. The van der Waals surface area contributed by atoms with Crippen LogP contribution in [-0.4, -0.2) is 42.3 Å². The van der Waals surface area contributed by atoms with E-state index >= 15 is 0 Å². The van der Waals surface area contributed by atoms with Crippen LogP contribution in [0.3, 0.4) is 0 Å².